The molecule has 0 atom stereocenters. The lowest BCUT2D eigenvalue weighted by atomic mass is 10.1. The molecule has 3 aromatic heterocycles. The van der Waals surface area contributed by atoms with E-state index in [1.807, 2.05) is 13.8 Å². The van der Waals surface area contributed by atoms with Gasteiger partial charge >= 0.3 is 0 Å². The first-order valence-electron chi connectivity index (χ1n) is 8.84. The van der Waals surface area contributed by atoms with Crippen LogP contribution in [0.3, 0.4) is 0 Å². The number of hydrogen-bond acceptors (Lipinski definition) is 6. The van der Waals surface area contributed by atoms with Crippen LogP contribution in [0.25, 0.3) is 0 Å². The SMILES string of the molecule is Cc1ccc(C=NNC(=O)c2[nH]c(C)c(C(=O)NN=Cc3ccc(C)o3)c2C)o1. The van der Waals surface area contributed by atoms with Crippen LogP contribution in [0.15, 0.2) is 43.3 Å². The molecule has 0 aliphatic heterocycles. The van der Waals surface area contributed by atoms with Gasteiger partial charge in [0, 0.05) is 5.69 Å². The average molecular weight is 395 g/mol. The van der Waals surface area contributed by atoms with Crippen LogP contribution in [0.2, 0.25) is 0 Å². The molecule has 0 aromatic carbocycles. The topological polar surface area (TPSA) is 125 Å². The Balaban J connectivity index is 1.66. The highest BCUT2D eigenvalue weighted by molar-refractivity contribution is 6.02. The maximum absolute atomic E-state index is 12.5. The van der Waals surface area contributed by atoms with Gasteiger partial charge in [-0.05, 0) is 57.5 Å². The van der Waals surface area contributed by atoms with E-state index in [-0.39, 0.29) is 5.69 Å². The fourth-order valence-corrected chi connectivity index (χ4v) is 2.78. The molecule has 150 valence electrons. The molecule has 0 saturated heterocycles. The number of H-pyrrole nitrogens is 1. The van der Waals surface area contributed by atoms with E-state index >= 15 is 0 Å². The van der Waals surface area contributed by atoms with E-state index < -0.39 is 11.8 Å². The Bertz CT molecular complexity index is 1100. The second-order valence-corrected chi connectivity index (χ2v) is 6.42. The number of hydrazone groups is 2. The third-order valence-electron chi connectivity index (χ3n) is 4.13. The number of amides is 2. The molecule has 0 saturated carbocycles. The molecule has 2 amide bonds. The zero-order chi connectivity index (χ0) is 21.0. The van der Waals surface area contributed by atoms with E-state index in [2.05, 4.69) is 26.0 Å². The summed E-state index contributed by atoms with van der Waals surface area (Å²) in [4.78, 5) is 27.8. The molecule has 3 N–H and O–H groups in total. The maximum Gasteiger partial charge on any atom is 0.288 e. The van der Waals surface area contributed by atoms with Crippen molar-refractivity contribution in [3.8, 4) is 0 Å². The van der Waals surface area contributed by atoms with Gasteiger partial charge in [0.1, 0.15) is 28.7 Å². The average Bonchev–Trinajstić information content (AvgIpc) is 3.34. The summed E-state index contributed by atoms with van der Waals surface area (Å²) in [7, 11) is 0. The number of rotatable bonds is 6. The van der Waals surface area contributed by atoms with Crippen LogP contribution in [0.4, 0.5) is 0 Å². The molecular formula is C20H21N5O4. The number of carbonyl (C=O) groups is 2. The molecule has 0 unspecified atom stereocenters. The van der Waals surface area contributed by atoms with Crippen LogP contribution in [-0.4, -0.2) is 29.2 Å². The molecule has 0 radical (unpaired) electrons. The highest BCUT2D eigenvalue weighted by Gasteiger charge is 2.21. The standard InChI is InChI=1S/C20H21N5O4/c1-11-5-7-15(28-11)9-21-24-19(26)17-13(3)18(23-14(17)4)20(27)25-22-10-16-8-6-12(2)29-16/h5-10,23H,1-4H3,(H,24,26)(H,25,27). The lowest BCUT2D eigenvalue weighted by Crippen LogP contribution is -2.21. The Morgan fingerprint density at radius 1 is 0.862 bits per heavy atom. The molecule has 0 aliphatic rings. The number of nitrogens with one attached hydrogen (secondary N) is 3. The number of nitrogens with zero attached hydrogens (tertiary/aromatic N) is 2. The number of hydrogen-bond donors (Lipinski definition) is 3. The van der Waals surface area contributed by atoms with Crippen molar-refractivity contribution < 1.29 is 18.4 Å². The van der Waals surface area contributed by atoms with Crippen molar-refractivity contribution in [2.75, 3.05) is 0 Å². The van der Waals surface area contributed by atoms with Gasteiger partial charge in [-0.2, -0.15) is 10.2 Å². The van der Waals surface area contributed by atoms with E-state index in [1.54, 1.807) is 38.1 Å². The molecule has 3 rings (SSSR count). The summed E-state index contributed by atoms with van der Waals surface area (Å²) in [5.41, 5.74) is 6.46. The van der Waals surface area contributed by atoms with Crippen LogP contribution in [0.5, 0.6) is 0 Å². The van der Waals surface area contributed by atoms with Gasteiger partial charge in [-0.25, -0.2) is 10.9 Å². The van der Waals surface area contributed by atoms with E-state index in [0.717, 1.165) is 11.5 Å². The van der Waals surface area contributed by atoms with E-state index in [0.29, 0.717) is 28.3 Å². The molecule has 29 heavy (non-hydrogen) atoms. The molecule has 3 heterocycles. The maximum atomic E-state index is 12.5. The number of aryl methyl sites for hydroxylation is 3. The number of carbonyl (C=O) groups excluding carboxylic acids is 2. The fourth-order valence-electron chi connectivity index (χ4n) is 2.78. The highest BCUT2D eigenvalue weighted by atomic mass is 16.3. The highest BCUT2D eigenvalue weighted by Crippen LogP contribution is 2.18. The van der Waals surface area contributed by atoms with Gasteiger partial charge in [0.2, 0.25) is 0 Å². The van der Waals surface area contributed by atoms with Crippen molar-refractivity contribution in [2.24, 2.45) is 10.2 Å². The second-order valence-electron chi connectivity index (χ2n) is 6.42. The summed E-state index contributed by atoms with van der Waals surface area (Å²) in [6.07, 6.45) is 2.80. The van der Waals surface area contributed by atoms with E-state index in [9.17, 15) is 9.59 Å². The van der Waals surface area contributed by atoms with Gasteiger partial charge in [-0.15, -0.1) is 0 Å². The predicted octanol–water partition coefficient (Wildman–Crippen LogP) is 2.96. The number of aromatic nitrogens is 1. The molecule has 0 aliphatic carbocycles. The van der Waals surface area contributed by atoms with Crippen LogP contribution in [-0.2, 0) is 0 Å². The van der Waals surface area contributed by atoms with Gasteiger partial charge in [0.05, 0.1) is 18.0 Å². The zero-order valence-corrected chi connectivity index (χ0v) is 16.5. The zero-order valence-electron chi connectivity index (χ0n) is 16.5. The van der Waals surface area contributed by atoms with Crippen LogP contribution >= 0.6 is 0 Å². The number of aromatic amines is 1. The van der Waals surface area contributed by atoms with Gasteiger partial charge in [-0.1, -0.05) is 0 Å². The minimum atomic E-state index is -0.473. The van der Waals surface area contributed by atoms with Crippen molar-refractivity contribution >= 4 is 24.2 Å². The van der Waals surface area contributed by atoms with Gasteiger partial charge in [0.15, 0.2) is 0 Å². The summed E-state index contributed by atoms with van der Waals surface area (Å²) < 4.78 is 10.7. The smallest absolute Gasteiger partial charge is 0.288 e. The minimum absolute atomic E-state index is 0.242. The summed E-state index contributed by atoms with van der Waals surface area (Å²) in [6, 6.07) is 7.07. The van der Waals surface area contributed by atoms with Crippen molar-refractivity contribution in [1.82, 2.24) is 15.8 Å². The summed E-state index contributed by atoms with van der Waals surface area (Å²) >= 11 is 0. The third-order valence-corrected chi connectivity index (χ3v) is 4.13. The minimum Gasteiger partial charge on any atom is -0.460 e. The van der Waals surface area contributed by atoms with Crippen molar-refractivity contribution in [1.29, 1.82) is 0 Å². The summed E-state index contributed by atoms with van der Waals surface area (Å²) in [5, 5.41) is 7.75. The molecule has 0 spiro atoms. The van der Waals surface area contributed by atoms with Gasteiger partial charge in [-0.3, -0.25) is 9.59 Å². The molecule has 0 fully saturated rings. The first-order chi connectivity index (χ1) is 13.8. The molecule has 9 nitrogen and oxygen atoms in total. The van der Waals surface area contributed by atoms with E-state index in [1.165, 1.54) is 12.4 Å². The Morgan fingerprint density at radius 2 is 1.38 bits per heavy atom. The molecule has 3 aromatic rings. The fraction of sp³-hybridized carbons (Fsp3) is 0.200. The van der Waals surface area contributed by atoms with Crippen LogP contribution in [0.1, 0.15) is 55.1 Å². The first kappa shape index (κ1) is 19.9. The normalized spacial score (nSPS) is 11.4. The number of furan rings is 2. The quantitative estimate of drug-likeness (QED) is 0.438. The van der Waals surface area contributed by atoms with Crippen LogP contribution < -0.4 is 10.9 Å². The lowest BCUT2D eigenvalue weighted by molar-refractivity contribution is 0.0948. The lowest BCUT2D eigenvalue weighted by Gasteiger charge is -2.01. The Morgan fingerprint density at radius 3 is 1.86 bits per heavy atom. The molecular weight excluding hydrogens is 374 g/mol. The summed E-state index contributed by atoms with van der Waals surface area (Å²) in [6.45, 7) is 7.00. The largest absolute Gasteiger partial charge is 0.460 e. The summed E-state index contributed by atoms with van der Waals surface area (Å²) in [5.74, 6) is 1.62. The Kier molecular flexibility index (Phi) is 5.77. The van der Waals surface area contributed by atoms with Crippen molar-refractivity contribution in [2.45, 2.75) is 27.7 Å². The molecule has 9 heteroatoms. The molecule has 0 bridgehead atoms. The van der Waals surface area contributed by atoms with Crippen molar-refractivity contribution in [3.05, 3.63) is 69.8 Å². The van der Waals surface area contributed by atoms with Crippen LogP contribution in [0, 0.1) is 27.7 Å². The third kappa shape index (κ3) is 4.70. The first-order valence-corrected chi connectivity index (χ1v) is 8.84. The van der Waals surface area contributed by atoms with Crippen molar-refractivity contribution in [3.63, 3.8) is 0 Å². The second kappa shape index (κ2) is 8.42. The predicted molar refractivity (Wildman–Crippen MR) is 107 cm³/mol. The van der Waals surface area contributed by atoms with Gasteiger partial charge in [0.25, 0.3) is 11.8 Å². The van der Waals surface area contributed by atoms with Gasteiger partial charge < -0.3 is 13.8 Å². The Hall–Kier alpha value is -3.88. The monoisotopic (exact) mass is 395 g/mol. The van der Waals surface area contributed by atoms with E-state index in [4.69, 9.17) is 8.83 Å². The Labute approximate surface area is 166 Å².